The maximum atomic E-state index is 14.6. The molecule has 2 heterocycles. The first-order valence-corrected chi connectivity index (χ1v) is 10.6. The van der Waals surface area contributed by atoms with Crippen LogP contribution >= 0.6 is 11.6 Å². The number of rotatable bonds is 4. The molecule has 0 spiro atoms. The largest absolute Gasteiger partial charge is 0.507 e. The molecule has 0 radical (unpaired) electrons. The Morgan fingerprint density at radius 2 is 1.85 bits per heavy atom. The lowest BCUT2D eigenvalue weighted by molar-refractivity contribution is 0.0694. The number of phenols is 1. The lowest BCUT2D eigenvalue weighted by Crippen LogP contribution is -2.07. The summed E-state index contributed by atoms with van der Waals surface area (Å²) in [5.41, 5.74) is 3.73. The number of carboxylic acids is 1. The van der Waals surface area contributed by atoms with Crippen LogP contribution in [0.25, 0.3) is 11.3 Å². The number of fused-ring (bicyclic) bond motifs is 3. The fraction of sp³-hybridized carbons (Fsp3) is 0.0400. The highest BCUT2D eigenvalue weighted by Gasteiger charge is 2.23. The number of carboxylic acid groups (broad SMARTS) is 1. The molecule has 3 aromatic carbocycles. The SMILES string of the molecule is O=C(O)c1ccc(Nc2ncc3c(n2)-c2ccc(Cl)cc2C(c2ccccc2F)=NC3)cc1O. The third-order valence-corrected chi connectivity index (χ3v) is 5.61. The molecule has 9 heteroatoms. The molecule has 7 nitrogen and oxygen atoms in total. The number of hydrogen-bond donors (Lipinski definition) is 3. The number of halogens is 2. The number of carbonyl (C=O) groups is 1. The van der Waals surface area contributed by atoms with Crippen molar-refractivity contribution >= 4 is 34.9 Å². The van der Waals surface area contributed by atoms with Crippen molar-refractivity contribution in [2.75, 3.05) is 5.32 Å². The quantitative estimate of drug-likeness (QED) is 0.364. The van der Waals surface area contributed by atoms with Crippen molar-refractivity contribution in [1.82, 2.24) is 9.97 Å². The van der Waals surface area contributed by atoms with Crippen LogP contribution in [0.2, 0.25) is 5.02 Å². The van der Waals surface area contributed by atoms with Gasteiger partial charge in [0.05, 0.1) is 18.0 Å². The van der Waals surface area contributed by atoms with Gasteiger partial charge in [0.25, 0.3) is 0 Å². The summed E-state index contributed by atoms with van der Waals surface area (Å²) in [4.78, 5) is 24.8. The average Bonchev–Trinajstić information content (AvgIpc) is 2.96. The van der Waals surface area contributed by atoms with E-state index in [1.165, 1.54) is 24.3 Å². The molecule has 1 aliphatic heterocycles. The molecule has 5 rings (SSSR count). The van der Waals surface area contributed by atoms with Crippen LogP contribution in [0.1, 0.15) is 27.0 Å². The number of aromatic nitrogens is 2. The Morgan fingerprint density at radius 1 is 1.03 bits per heavy atom. The van der Waals surface area contributed by atoms with Gasteiger partial charge in [0, 0.05) is 45.2 Å². The first kappa shape index (κ1) is 21.5. The summed E-state index contributed by atoms with van der Waals surface area (Å²) in [6.45, 7) is 0.236. The second-order valence-electron chi connectivity index (χ2n) is 7.56. The van der Waals surface area contributed by atoms with E-state index in [-0.39, 0.29) is 23.8 Å². The molecule has 3 N–H and O–H groups in total. The van der Waals surface area contributed by atoms with Gasteiger partial charge in [-0.1, -0.05) is 29.8 Å². The smallest absolute Gasteiger partial charge is 0.339 e. The number of nitrogens with zero attached hydrogens (tertiary/aromatic N) is 3. The van der Waals surface area contributed by atoms with Crippen LogP contribution in [-0.2, 0) is 6.54 Å². The number of aromatic hydroxyl groups is 1. The van der Waals surface area contributed by atoms with Crippen molar-refractivity contribution in [3.8, 4) is 17.0 Å². The summed E-state index contributed by atoms with van der Waals surface area (Å²) in [7, 11) is 0. The fourth-order valence-corrected chi connectivity index (χ4v) is 3.96. The van der Waals surface area contributed by atoms with Crippen LogP contribution in [0.4, 0.5) is 16.0 Å². The highest BCUT2D eigenvalue weighted by Crippen LogP contribution is 2.34. The van der Waals surface area contributed by atoms with Crippen molar-refractivity contribution in [1.29, 1.82) is 0 Å². The van der Waals surface area contributed by atoms with Crippen LogP contribution in [0.5, 0.6) is 5.75 Å². The maximum absolute atomic E-state index is 14.6. The minimum Gasteiger partial charge on any atom is -0.507 e. The van der Waals surface area contributed by atoms with Crippen molar-refractivity contribution in [3.05, 3.63) is 100.0 Å². The van der Waals surface area contributed by atoms with Gasteiger partial charge in [-0.05, 0) is 36.4 Å². The molecule has 0 amide bonds. The Balaban J connectivity index is 1.58. The van der Waals surface area contributed by atoms with Crippen molar-refractivity contribution in [2.45, 2.75) is 6.54 Å². The fourth-order valence-electron chi connectivity index (χ4n) is 3.79. The molecule has 0 bridgehead atoms. The van der Waals surface area contributed by atoms with Gasteiger partial charge in [-0.25, -0.2) is 19.2 Å². The first-order valence-electron chi connectivity index (χ1n) is 10.2. The molecule has 1 aromatic heterocycles. The topological polar surface area (TPSA) is 108 Å². The molecular formula is C25H16ClFN4O3. The van der Waals surface area contributed by atoms with Gasteiger partial charge in [-0.3, -0.25) is 4.99 Å². The second-order valence-corrected chi connectivity index (χ2v) is 8.00. The number of aliphatic imine (C=N–C) groups is 1. The Labute approximate surface area is 198 Å². The number of hydrogen-bond acceptors (Lipinski definition) is 6. The normalized spacial score (nSPS) is 12.2. The lowest BCUT2D eigenvalue weighted by Gasteiger charge is -2.13. The molecule has 0 aliphatic carbocycles. The van der Waals surface area contributed by atoms with E-state index in [4.69, 9.17) is 16.7 Å². The number of nitrogens with one attached hydrogen (secondary N) is 1. The van der Waals surface area contributed by atoms with Crippen LogP contribution in [0.3, 0.4) is 0 Å². The molecule has 0 fully saturated rings. The predicted octanol–water partition coefficient (Wildman–Crippen LogP) is 5.43. The van der Waals surface area contributed by atoms with E-state index >= 15 is 0 Å². The summed E-state index contributed by atoms with van der Waals surface area (Å²) < 4.78 is 14.6. The average molecular weight is 475 g/mol. The zero-order chi connectivity index (χ0) is 23.8. The van der Waals surface area contributed by atoms with Gasteiger partial charge in [-0.2, -0.15) is 0 Å². The molecular weight excluding hydrogens is 459 g/mol. The third-order valence-electron chi connectivity index (χ3n) is 5.38. The predicted molar refractivity (Wildman–Crippen MR) is 127 cm³/mol. The molecule has 0 saturated heterocycles. The third kappa shape index (κ3) is 3.95. The van der Waals surface area contributed by atoms with E-state index in [9.17, 15) is 14.3 Å². The van der Waals surface area contributed by atoms with E-state index in [1.807, 2.05) is 6.07 Å². The molecule has 34 heavy (non-hydrogen) atoms. The zero-order valence-electron chi connectivity index (χ0n) is 17.5. The Morgan fingerprint density at radius 3 is 2.62 bits per heavy atom. The Hall–Kier alpha value is -4.30. The van der Waals surface area contributed by atoms with E-state index < -0.39 is 11.8 Å². The minimum atomic E-state index is -1.23. The number of aromatic carboxylic acids is 1. The van der Waals surface area contributed by atoms with Crippen LogP contribution in [0, 0.1) is 5.82 Å². The van der Waals surface area contributed by atoms with E-state index in [2.05, 4.69) is 20.3 Å². The van der Waals surface area contributed by atoms with E-state index in [0.29, 0.717) is 38.8 Å². The monoisotopic (exact) mass is 474 g/mol. The molecule has 0 saturated carbocycles. The zero-order valence-corrected chi connectivity index (χ0v) is 18.2. The van der Waals surface area contributed by atoms with Crippen LogP contribution in [0.15, 0.2) is 71.9 Å². The molecule has 168 valence electrons. The second kappa shape index (κ2) is 8.57. The standard InChI is InChI=1S/C25H16ClFN4O3/c26-14-5-7-16-19(9-14)23(17-3-1-2-4-20(17)27)28-11-13-12-29-25(31-22(13)16)30-15-6-8-18(24(33)34)21(32)10-15/h1-10,12,32H,11H2,(H,33,34)(H,29,30,31). The van der Waals surface area contributed by atoms with E-state index in [0.717, 1.165) is 5.56 Å². The van der Waals surface area contributed by atoms with Crippen molar-refractivity contribution < 1.29 is 19.4 Å². The molecule has 0 atom stereocenters. The summed E-state index contributed by atoms with van der Waals surface area (Å²) in [6.07, 6.45) is 1.63. The van der Waals surface area contributed by atoms with Gasteiger partial charge in [0.2, 0.25) is 5.95 Å². The van der Waals surface area contributed by atoms with Crippen LogP contribution < -0.4 is 5.32 Å². The van der Waals surface area contributed by atoms with Crippen molar-refractivity contribution in [2.24, 2.45) is 4.99 Å². The van der Waals surface area contributed by atoms with Gasteiger partial charge >= 0.3 is 5.97 Å². The van der Waals surface area contributed by atoms with Gasteiger partial charge in [-0.15, -0.1) is 0 Å². The Kier molecular flexibility index (Phi) is 5.43. The summed E-state index contributed by atoms with van der Waals surface area (Å²) in [5, 5.41) is 22.5. The molecule has 4 aromatic rings. The summed E-state index contributed by atoms with van der Waals surface area (Å²) >= 11 is 6.28. The van der Waals surface area contributed by atoms with Gasteiger partial charge in [0.1, 0.15) is 17.1 Å². The highest BCUT2D eigenvalue weighted by atomic mass is 35.5. The molecule has 0 unspecified atom stereocenters. The summed E-state index contributed by atoms with van der Waals surface area (Å²) in [6, 6.07) is 15.8. The highest BCUT2D eigenvalue weighted by molar-refractivity contribution is 6.31. The van der Waals surface area contributed by atoms with Gasteiger partial charge in [0.15, 0.2) is 0 Å². The Bertz CT molecular complexity index is 1490. The first-order chi connectivity index (χ1) is 16.4. The van der Waals surface area contributed by atoms with Crippen molar-refractivity contribution in [3.63, 3.8) is 0 Å². The van der Waals surface area contributed by atoms with E-state index in [1.54, 1.807) is 36.5 Å². The molecule has 1 aliphatic rings. The maximum Gasteiger partial charge on any atom is 0.339 e. The lowest BCUT2D eigenvalue weighted by atomic mass is 9.95. The van der Waals surface area contributed by atoms with Crippen LogP contribution in [-0.4, -0.2) is 31.9 Å². The minimum absolute atomic E-state index is 0.211. The number of anilines is 2. The van der Waals surface area contributed by atoms with Gasteiger partial charge < -0.3 is 15.5 Å². The summed E-state index contributed by atoms with van der Waals surface area (Å²) in [5.74, 6) is -1.77. The number of benzene rings is 3.